The molecular weight excluding hydrogens is 593 g/mol. The number of hydrogen-bond acceptors (Lipinski definition) is 4. The van der Waals surface area contributed by atoms with Crippen molar-refractivity contribution in [2.45, 2.75) is 69.4 Å². The molecule has 1 aliphatic carbocycles. The molecule has 1 saturated carbocycles. The van der Waals surface area contributed by atoms with Crippen LogP contribution in [0.5, 0.6) is 0 Å². The predicted octanol–water partition coefficient (Wildman–Crippen LogP) is 6.41. The highest BCUT2D eigenvalue weighted by Gasteiger charge is 2.33. The maximum atomic E-state index is 14.1. The molecule has 0 radical (unpaired) electrons. The molecule has 3 aromatic rings. The van der Waals surface area contributed by atoms with Crippen molar-refractivity contribution in [2.24, 2.45) is 0 Å². The Hall–Kier alpha value is -3.07. The Morgan fingerprint density at radius 2 is 1.55 bits per heavy atom. The lowest BCUT2D eigenvalue weighted by Crippen LogP contribution is -2.53. The van der Waals surface area contributed by atoms with Crippen molar-refractivity contribution in [2.75, 3.05) is 17.4 Å². The van der Waals surface area contributed by atoms with E-state index in [2.05, 4.69) is 5.32 Å². The van der Waals surface area contributed by atoms with Crippen molar-refractivity contribution in [1.82, 2.24) is 10.2 Å². The molecule has 0 unspecified atom stereocenters. The topological polar surface area (TPSA) is 86.8 Å². The summed E-state index contributed by atoms with van der Waals surface area (Å²) in [7, 11) is -4.20. The van der Waals surface area contributed by atoms with Gasteiger partial charge >= 0.3 is 0 Å². The van der Waals surface area contributed by atoms with E-state index < -0.39 is 28.5 Å². The number of rotatable bonds is 11. The summed E-state index contributed by atoms with van der Waals surface area (Å²) < 4.78 is 28.9. The number of nitrogens with one attached hydrogen (secondary N) is 1. The van der Waals surface area contributed by atoms with Crippen molar-refractivity contribution < 1.29 is 18.0 Å². The number of aryl methyl sites for hydroxylation is 1. The SMILES string of the molecule is Cc1ccc(S(=O)(=O)N(CC(=O)N(CCc2ccccc2)[C@@H](C)C(=O)NC2CCCCC2)c2cc(Cl)cc(Cl)c2)cc1. The van der Waals surface area contributed by atoms with E-state index in [-0.39, 0.29) is 39.1 Å². The normalized spacial score (nSPS) is 14.7. The lowest BCUT2D eigenvalue weighted by atomic mass is 9.95. The maximum absolute atomic E-state index is 14.1. The van der Waals surface area contributed by atoms with Gasteiger partial charge in [-0.2, -0.15) is 0 Å². The number of sulfonamides is 1. The molecule has 0 aliphatic heterocycles. The fourth-order valence-electron chi connectivity index (χ4n) is 5.19. The molecule has 10 heteroatoms. The van der Waals surface area contributed by atoms with E-state index in [1.165, 1.54) is 35.2 Å². The Labute approximate surface area is 258 Å². The number of carbonyl (C=O) groups is 2. The molecule has 3 aromatic carbocycles. The van der Waals surface area contributed by atoms with Gasteiger partial charge in [-0.1, -0.05) is 90.5 Å². The minimum absolute atomic E-state index is 0.0240. The molecule has 1 aliphatic rings. The average Bonchev–Trinajstić information content (AvgIpc) is 2.96. The smallest absolute Gasteiger partial charge is 0.264 e. The number of carbonyl (C=O) groups excluding carboxylic acids is 2. The summed E-state index contributed by atoms with van der Waals surface area (Å²) in [6, 6.07) is 19.7. The van der Waals surface area contributed by atoms with Gasteiger partial charge in [-0.15, -0.1) is 0 Å². The molecular formula is C32H37Cl2N3O4S. The Balaban J connectivity index is 1.66. The highest BCUT2D eigenvalue weighted by Crippen LogP contribution is 2.30. The molecule has 4 rings (SSSR count). The number of anilines is 1. The minimum Gasteiger partial charge on any atom is -0.352 e. The fraction of sp³-hybridized carbons (Fsp3) is 0.375. The quantitative estimate of drug-likeness (QED) is 0.266. The fourth-order valence-corrected chi connectivity index (χ4v) is 7.10. The van der Waals surface area contributed by atoms with Gasteiger partial charge in [-0.3, -0.25) is 13.9 Å². The summed E-state index contributed by atoms with van der Waals surface area (Å²) in [5.74, 6) is -0.758. The van der Waals surface area contributed by atoms with Crippen LogP contribution in [0.15, 0.2) is 77.7 Å². The maximum Gasteiger partial charge on any atom is 0.264 e. The van der Waals surface area contributed by atoms with Gasteiger partial charge < -0.3 is 10.2 Å². The van der Waals surface area contributed by atoms with Gasteiger partial charge in [-0.05, 0) is 69.0 Å². The van der Waals surface area contributed by atoms with E-state index in [9.17, 15) is 18.0 Å². The van der Waals surface area contributed by atoms with Gasteiger partial charge in [0.05, 0.1) is 10.6 Å². The van der Waals surface area contributed by atoms with Gasteiger partial charge in [-0.25, -0.2) is 8.42 Å². The molecule has 42 heavy (non-hydrogen) atoms. The van der Waals surface area contributed by atoms with Crippen LogP contribution in [0.25, 0.3) is 0 Å². The molecule has 0 spiro atoms. The zero-order valence-electron chi connectivity index (χ0n) is 23.9. The summed E-state index contributed by atoms with van der Waals surface area (Å²) in [4.78, 5) is 28.9. The second kappa shape index (κ2) is 14.4. The number of hydrogen-bond donors (Lipinski definition) is 1. The number of nitrogens with zero attached hydrogens (tertiary/aromatic N) is 2. The monoisotopic (exact) mass is 629 g/mol. The zero-order chi connectivity index (χ0) is 30.3. The molecule has 224 valence electrons. The average molecular weight is 631 g/mol. The van der Waals surface area contributed by atoms with Crippen molar-refractivity contribution >= 4 is 50.7 Å². The van der Waals surface area contributed by atoms with Gasteiger partial charge in [0, 0.05) is 22.6 Å². The van der Waals surface area contributed by atoms with Crippen LogP contribution in [0.2, 0.25) is 10.0 Å². The van der Waals surface area contributed by atoms with Crippen LogP contribution in [0, 0.1) is 6.92 Å². The van der Waals surface area contributed by atoms with Crippen LogP contribution >= 0.6 is 23.2 Å². The van der Waals surface area contributed by atoms with E-state index in [1.807, 2.05) is 37.3 Å². The van der Waals surface area contributed by atoms with Crippen molar-refractivity contribution in [3.8, 4) is 0 Å². The van der Waals surface area contributed by atoms with Crippen LogP contribution in [-0.2, 0) is 26.0 Å². The third kappa shape index (κ3) is 8.27. The Bertz CT molecular complexity index is 1460. The standard InChI is InChI=1S/C32H37Cl2N3O4S/c1-23-13-15-30(16-14-23)42(40,41)37(29-20-26(33)19-27(34)21-29)22-31(38)36(18-17-25-9-5-3-6-10-25)24(2)32(39)35-28-11-7-4-8-12-28/h3,5-6,9-10,13-16,19-21,24,28H,4,7-8,11-12,17-18,22H2,1-2H3,(H,35,39)/t24-/m0/s1. The molecule has 0 saturated heterocycles. The Morgan fingerprint density at radius 1 is 0.929 bits per heavy atom. The first-order chi connectivity index (χ1) is 20.0. The molecule has 1 fully saturated rings. The van der Waals surface area contributed by atoms with E-state index in [0.717, 1.165) is 47.5 Å². The molecule has 7 nitrogen and oxygen atoms in total. The molecule has 0 heterocycles. The number of halogens is 2. The second-order valence-corrected chi connectivity index (χ2v) is 13.5. The first-order valence-corrected chi connectivity index (χ1v) is 16.4. The Kier molecular flexibility index (Phi) is 10.9. The first-order valence-electron chi connectivity index (χ1n) is 14.2. The highest BCUT2D eigenvalue weighted by molar-refractivity contribution is 7.92. The van der Waals surface area contributed by atoms with Crippen molar-refractivity contribution in [3.63, 3.8) is 0 Å². The van der Waals surface area contributed by atoms with Gasteiger partial charge in [0.1, 0.15) is 12.6 Å². The lowest BCUT2D eigenvalue weighted by molar-refractivity contribution is -0.139. The van der Waals surface area contributed by atoms with Crippen LogP contribution < -0.4 is 9.62 Å². The van der Waals surface area contributed by atoms with Crippen LogP contribution in [0.1, 0.15) is 50.2 Å². The zero-order valence-corrected chi connectivity index (χ0v) is 26.3. The number of benzene rings is 3. The summed E-state index contributed by atoms with van der Waals surface area (Å²) in [5, 5.41) is 3.58. The van der Waals surface area contributed by atoms with E-state index >= 15 is 0 Å². The third-order valence-corrected chi connectivity index (χ3v) is 9.85. The summed E-state index contributed by atoms with van der Waals surface area (Å²) >= 11 is 12.5. The van der Waals surface area contributed by atoms with Crippen LogP contribution in [0.4, 0.5) is 5.69 Å². The molecule has 1 N–H and O–H groups in total. The van der Waals surface area contributed by atoms with Gasteiger partial charge in [0.2, 0.25) is 11.8 Å². The largest absolute Gasteiger partial charge is 0.352 e. The van der Waals surface area contributed by atoms with E-state index in [4.69, 9.17) is 23.2 Å². The predicted molar refractivity (Wildman–Crippen MR) is 169 cm³/mol. The highest BCUT2D eigenvalue weighted by atomic mass is 35.5. The number of amides is 2. The first kappa shape index (κ1) is 31.9. The van der Waals surface area contributed by atoms with Crippen LogP contribution in [-0.4, -0.2) is 50.3 Å². The molecule has 1 atom stereocenters. The Morgan fingerprint density at radius 3 is 2.17 bits per heavy atom. The molecule has 0 bridgehead atoms. The van der Waals surface area contributed by atoms with E-state index in [1.54, 1.807) is 19.1 Å². The van der Waals surface area contributed by atoms with Crippen molar-refractivity contribution in [3.05, 3.63) is 94.0 Å². The van der Waals surface area contributed by atoms with Gasteiger partial charge in [0.15, 0.2) is 0 Å². The molecule has 2 amide bonds. The van der Waals surface area contributed by atoms with E-state index in [0.29, 0.717) is 6.42 Å². The summed E-state index contributed by atoms with van der Waals surface area (Å²) in [6.45, 7) is 3.24. The van der Waals surface area contributed by atoms with Gasteiger partial charge in [0.25, 0.3) is 10.0 Å². The second-order valence-electron chi connectivity index (χ2n) is 10.8. The summed E-state index contributed by atoms with van der Waals surface area (Å²) in [5.41, 5.74) is 2.05. The van der Waals surface area contributed by atoms with Crippen molar-refractivity contribution in [1.29, 1.82) is 0 Å². The minimum atomic E-state index is -4.20. The lowest BCUT2D eigenvalue weighted by Gasteiger charge is -2.33. The summed E-state index contributed by atoms with van der Waals surface area (Å²) in [6.07, 6.45) is 5.60. The third-order valence-electron chi connectivity index (χ3n) is 7.63. The molecule has 0 aromatic heterocycles. The van der Waals surface area contributed by atoms with Crippen LogP contribution in [0.3, 0.4) is 0 Å².